The summed E-state index contributed by atoms with van der Waals surface area (Å²) in [4.78, 5) is 24.7. The third kappa shape index (κ3) is 4.42. The number of hydrogen-bond donors (Lipinski definition) is 1. The van der Waals surface area contributed by atoms with Gasteiger partial charge in [0.15, 0.2) is 5.56 Å². The van der Waals surface area contributed by atoms with Crippen molar-refractivity contribution in [2.45, 2.75) is 38.0 Å². The monoisotopic (exact) mass is 398 g/mol. The number of aromatic nitrogens is 2. The molecule has 0 spiro atoms. The second-order valence-electron chi connectivity index (χ2n) is 7.25. The zero-order chi connectivity index (χ0) is 21.0. The first-order chi connectivity index (χ1) is 13.9. The molecule has 2 heterocycles. The summed E-state index contributed by atoms with van der Waals surface area (Å²) in [6.07, 6.45) is 1.35. The van der Waals surface area contributed by atoms with Gasteiger partial charge in [-0.05, 0) is 25.3 Å². The number of anilines is 1. The maximum atomic E-state index is 12.4. The molecule has 1 aromatic carbocycles. The van der Waals surface area contributed by atoms with E-state index >= 15 is 0 Å². The molecule has 1 saturated heterocycles. The van der Waals surface area contributed by atoms with Crippen LogP contribution >= 0.6 is 0 Å². The first kappa shape index (κ1) is 20.8. The van der Waals surface area contributed by atoms with Gasteiger partial charge < -0.3 is 14.8 Å². The van der Waals surface area contributed by atoms with E-state index in [-0.39, 0.29) is 29.6 Å². The molecular formula is C21H26N4O4. The van der Waals surface area contributed by atoms with Gasteiger partial charge in [-0.15, -0.1) is 0 Å². The van der Waals surface area contributed by atoms with Crippen LogP contribution in [-0.4, -0.2) is 34.5 Å². The Kier molecular flexibility index (Phi) is 6.52. The molecule has 1 aliphatic heterocycles. The van der Waals surface area contributed by atoms with Gasteiger partial charge in [-0.2, -0.15) is 5.26 Å². The topological polar surface area (TPSA) is 98.3 Å². The molecule has 1 N–H and O–H groups in total. The first-order valence-corrected chi connectivity index (χ1v) is 9.68. The Morgan fingerprint density at radius 1 is 1.17 bits per heavy atom. The minimum atomic E-state index is -0.619. The molecule has 29 heavy (non-hydrogen) atoms. The van der Waals surface area contributed by atoms with E-state index in [4.69, 9.17) is 9.47 Å². The number of nitrogens with zero attached hydrogens (tertiary/aromatic N) is 3. The van der Waals surface area contributed by atoms with Gasteiger partial charge >= 0.3 is 5.69 Å². The van der Waals surface area contributed by atoms with Crippen molar-refractivity contribution in [3.05, 3.63) is 62.3 Å². The van der Waals surface area contributed by atoms with Crippen LogP contribution in [-0.2, 0) is 23.6 Å². The summed E-state index contributed by atoms with van der Waals surface area (Å²) in [6.45, 7) is 3.24. The zero-order valence-electron chi connectivity index (χ0n) is 16.9. The standard InChI is InChI=1S/C21H26N4O4/c1-14(23-19-17(13-22)20(26)25(3)21(27)24(19)2)18(15-7-5-4-6-8-15)29-16-9-11-28-12-10-16/h4-8,14,16,18,23H,9-12H2,1-3H3. The van der Waals surface area contributed by atoms with Crippen LogP contribution in [0, 0.1) is 11.3 Å². The summed E-state index contributed by atoms with van der Waals surface area (Å²) < 4.78 is 14.0. The quantitative estimate of drug-likeness (QED) is 0.795. The van der Waals surface area contributed by atoms with Crippen LogP contribution in [0.1, 0.15) is 37.0 Å². The molecule has 1 aliphatic rings. The zero-order valence-corrected chi connectivity index (χ0v) is 16.9. The van der Waals surface area contributed by atoms with Crippen molar-refractivity contribution < 1.29 is 9.47 Å². The highest BCUT2D eigenvalue weighted by Gasteiger charge is 2.27. The molecule has 0 amide bonds. The smallest absolute Gasteiger partial charge is 0.332 e. The van der Waals surface area contributed by atoms with E-state index in [9.17, 15) is 14.9 Å². The molecule has 154 valence electrons. The van der Waals surface area contributed by atoms with E-state index in [1.807, 2.05) is 43.3 Å². The van der Waals surface area contributed by atoms with Crippen LogP contribution in [0.15, 0.2) is 39.9 Å². The maximum Gasteiger partial charge on any atom is 0.332 e. The minimum Gasteiger partial charge on any atom is -0.381 e. The van der Waals surface area contributed by atoms with Gasteiger partial charge in [0.2, 0.25) is 0 Å². The minimum absolute atomic E-state index is 0.0566. The number of ether oxygens (including phenoxy) is 2. The van der Waals surface area contributed by atoms with Crippen molar-refractivity contribution in [1.29, 1.82) is 5.26 Å². The van der Waals surface area contributed by atoms with Crippen molar-refractivity contribution >= 4 is 5.82 Å². The molecule has 8 heteroatoms. The van der Waals surface area contributed by atoms with Gasteiger partial charge in [0.1, 0.15) is 18.0 Å². The fourth-order valence-electron chi connectivity index (χ4n) is 3.55. The molecule has 2 aromatic rings. The van der Waals surface area contributed by atoms with Crippen molar-refractivity contribution in [2.75, 3.05) is 18.5 Å². The van der Waals surface area contributed by atoms with Gasteiger partial charge in [-0.25, -0.2) is 4.79 Å². The van der Waals surface area contributed by atoms with Gasteiger partial charge in [0, 0.05) is 27.3 Å². The molecule has 0 aliphatic carbocycles. The average molecular weight is 398 g/mol. The highest BCUT2D eigenvalue weighted by Crippen LogP contribution is 2.28. The van der Waals surface area contributed by atoms with E-state index in [2.05, 4.69) is 5.32 Å². The lowest BCUT2D eigenvalue weighted by molar-refractivity contribution is -0.0739. The number of nitriles is 1. The summed E-state index contributed by atoms with van der Waals surface area (Å²) >= 11 is 0. The highest BCUT2D eigenvalue weighted by atomic mass is 16.5. The summed E-state index contributed by atoms with van der Waals surface area (Å²) in [5.74, 6) is 0.199. The maximum absolute atomic E-state index is 12.4. The van der Waals surface area contributed by atoms with Crippen LogP contribution in [0.5, 0.6) is 0 Å². The molecular weight excluding hydrogens is 372 g/mol. The van der Waals surface area contributed by atoms with E-state index in [0.717, 1.165) is 23.0 Å². The number of rotatable bonds is 6. The number of benzene rings is 1. The van der Waals surface area contributed by atoms with Crippen molar-refractivity contribution in [2.24, 2.45) is 14.1 Å². The summed E-state index contributed by atoms with van der Waals surface area (Å²) in [6, 6.07) is 11.4. The van der Waals surface area contributed by atoms with Crippen molar-refractivity contribution in [1.82, 2.24) is 9.13 Å². The van der Waals surface area contributed by atoms with Crippen LogP contribution in [0.3, 0.4) is 0 Å². The Morgan fingerprint density at radius 2 is 1.83 bits per heavy atom. The average Bonchev–Trinajstić information content (AvgIpc) is 2.75. The Morgan fingerprint density at radius 3 is 2.45 bits per heavy atom. The Labute approximate surface area is 169 Å². The van der Waals surface area contributed by atoms with E-state index in [0.29, 0.717) is 13.2 Å². The normalized spacial score (nSPS) is 16.8. The molecule has 2 atom stereocenters. The fraction of sp³-hybridized carbons (Fsp3) is 0.476. The molecule has 0 bridgehead atoms. The predicted octanol–water partition coefficient (Wildman–Crippen LogP) is 1.69. The third-order valence-corrected chi connectivity index (χ3v) is 5.23. The number of hydrogen-bond acceptors (Lipinski definition) is 6. The molecule has 1 fully saturated rings. The summed E-state index contributed by atoms with van der Waals surface area (Å²) in [5, 5.41) is 12.7. The molecule has 0 saturated carbocycles. The van der Waals surface area contributed by atoms with E-state index < -0.39 is 11.2 Å². The van der Waals surface area contributed by atoms with E-state index in [1.165, 1.54) is 18.7 Å². The van der Waals surface area contributed by atoms with Crippen LogP contribution < -0.4 is 16.6 Å². The van der Waals surface area contributed by atoms with Crippen LogP contribution in [0.2, 0.25) is 0 Å². The van der Waals surface area contributed by atoms with Crippen molar-refractivity contribution in [3.63, 3.8) is 0 Å². The lowest BCUT2D eigenvalue weighted by Crippen LogP contribution is -2.41. The molecule has 1 aromatic heterocycles. The predicted molar refractivity (Wildman–Crippen MR) is 109 cm³/mol. The van der Waals surface area contributed by atoms with Crippen LogP contribution in [0.4, 0.5) is 5.82 Å². The highest BCUT2D eigenvalue weighted by molar-refractivity contribution is 5.52. The second kappa shape index (κ2) is 9.07. The SMILES string of the molecule is CC(Nc1c(C#N)c(=O)n(C)c(=O)n1C)C(OC1CCOCC1)c1ccccc1. The van der Waals surface area contributed by atoms with Gasteiger partial charge in [-0.1, -0.05) is 30.3 Å². The Bertz CT molecular complexity index is 1000. The molecule has 2 unspecified atom stereocenters. The second-order valence-corrected chi connectivity index (χ2v) is 7.25. The Hall–Kier alpha value is -2.89. The lowest BCUT2D eigenvalue weighted by Gasteiger charge is -2.32. The van der Waals surface area contributed by atoms with Crippen molar-refractivity contribution in [3.8, 4) is 6.07 Å². The molecule has 3 rings (SSSR count). The largest absolute Gasteiger partial charge is 0.381 e. The third-order valence-electron chi connectivity index (χ3n) is 5.23. The number of nitrogens with one attached hydrogen (secondary N) is 1. The summed E-state index contributed by atoms with van der Waals surface area (Å²) in [7, 11) is 2.90. The van der Waals surface area contributed by atoms with Gasteiger partial charge in [-0.3, -0.25) is 13.9 Å². The summed E-state index contributed by atoms with van der Waals surface area (Å²) in [5.41, 5.74) is -0.233. The van der Waals surface area contributed by atoms with E-state index in [1.54, 1.807) is 0 Å². The van der Waals surface area contributed by atoms with Gasteiger partial charge in [0.05, 0.1) is 12.1 Å². The van der Waals surface area contributed by atoms with Gasteiger partial charge in [0.25, 0.3) is 5.56 Å². The first-order valence-electron chi connectivity index (χ1n) is 9.68. The lowest BCUT2D eigenvalue weighted by atomic mass is 10.0. The fourth-order valence-corrected chi connectivity index (χ4v) is 3.55. The Balaban J connectivity index is 1.95. The van der Waals surface area contributed by atoms with Crippen LogP contribution in [0.25, 0.3) is 0 Å². The molecule has 8 nitrogen and oxygen atoms in total. The molecule has 0 radical (unpaired) electrons.